The van der Waals surface area contributed by atoms with Crippen LogP contribution in [0.1, 0.15) is 39.0 Å². The Balaban J connectivity index is 1.79. The van der Waals surface area contributed by atoms with Crippen molar-refractivity contribution in [2.75, 3.05) is 0 Å². The zero-order valence-corrected chi connectivity index (χ0v) is 13.7. The lowest BCUT2D eigenvalue weighted by molar-refractivity contribution is -0.223. The van der Waals surface area contributed by atoms with Gasteiger partial charge in [-0.15, -0.1) is 0 Å². The minimum absolute atomic E-state index is 0.104. The van der Waals surface area contributed by atoms with Gasteiger partial charge >= 0.3 is 27.3 Å². The van der Waals surface area contributed by atoms with Crippen LogP contribution < -0.4 is 0 Å². The molecule has 10 heteroatoms. The zero-order chi connectivity index (χ0) is 17.9. The Morgan fingerprint density at radius 1 is 1.17 bits per heavy atom. The number of esters is 2. The van der Waals surface area contributed by atoms with Crippen molar-refractivity contribution in [3.05, 3.63) is 0 Å². The maximum absolute atomic E-state index is 13.5. The molecule has 4 aliphatic rings. The molecule has 4 fully saturated rings. The third kappa shape index (κ3) is 2.79. The van der Waals surface area contributed by atoms with Crippen molar-refractivity contribution >= 4 is 22.1 Å². The lowest BCUT2D eigenvalue weighted by Gasteiger charge is -2.58. The van der Waals surface area contributed by atoms with Gasteiger partial charge in [-0.05, 0) is 38.0 Å². The molecule has 2 unspecified atom stereocenters. The molecular formula is C14H18F2O7S. The van der Waals surface area contributed by atoms with E-state index in [1.165, 1.54) is 6.92 Å². The van der Waals surface area contributed by atoms with Crippen LogP contribution in [-0.4, -0.2) is 41.9 Å². The lowest BCUT2D eigenvalue weighted by Crippen LogP contribution is -2.60. The summed E-state index contributed by atoms with van der Waals surface area (Å²) in [6, 6.07) is 0. The Labute approximate surface area is 137 Å². The molecule has 0 aromatic rings. The molecule has 2 atom stereocenters. The summed E-state index contributed by atoms with van der Waals surface area (Å²) in [6.07, 6.45) is 2.04. The molecule has 0 heterocycles. The molecule has 0 aliphatic heterocycles. The molecule has 0 amide bonds. The SMILES string of the molecule is CC(=O)OC1C2CC3CC1CC(OC(=O)C(F)(F)S(=O)(=O)O)(C3)C2. The Morgan fingerprint density at radius 3 is 2.17 bits per heavy atom. The number of carbonyl (C=O) groups excluding carboxylic acids is 2. The molecule has 24 heavy (non-hydrogen) atoms. The number of hydrogen-bond acceptors (Lipinski definition) is 6. The van der Waals surface area contributed by atoms with Crippen LogP contribution in [0.5, 0.6) is 0 Å². The Morgan fingerprint density at radius 2 is 1.71 bits per heavy atom. The average molecular weight is 368 g/mol. The second-order valence-corrected chi connectivity index (χ2v) is 8.57. The number of carbonyl (C=O) groups is 2. The number of alkyl halides is 2. The quantitative estimate of drug-likeness (QED) is 0.592. The highest BCUT2D eigenvalue weighted by Crippen LogP contribution is 2.58. The van der Waals surface area contributed by atoms with Gasteiger partial charge in [-0.1, -0.05) is 0 Å². The second kappa shape index (κ2) is 5.35. The average Bonchev–Trinajstić information content (AvgIpc) is 2.40. The molecule has 0 spiro atoms. The van der Waals surface area contributed by atoms with Crippen molar-refractivity contribution in [3.63, 3.8) is 0 Å². The van der Waals surface area contributed by atoms with Gasteiger partial charge in [0.1, 0.15) is 11.7 Å². The van der Waals surface area contributed by atoms with E-state index in [1.807, 2.05) is 0 Å². The highest BCUT2D eigenvalue weighted by Gasteiger charge is 2.62. The number of hydrogen-bond donors (Lipinski definition) is 1. The summed E-state index contributed by atoms with van der Waals surface area (Å²) in [5, 5.41) is -4.99. The van der Waals surface area contributed by atoms with Crippen LogP contribution in [0, 0.1) is 17.8 Å². The van der Waals surface area contributed by atoms with Crippen molar-refractivity contribution in [3.8, 4) is 0 Å². The van der Waals surface area contributed by atoms with Gasteiger partial charge in [0.2, 0.25) is 0 Å². The van der Waals surface area contributed by atoms with Crippen LogP contribution >= 0.6 is 0 Å². The van der Waals surface area contributed by atoms with Gasteiger partial charge in [0.15, 0.2) is 0 Å². The minimum Gasteiger partial charge on any atom is -0.462 e. The van der Waals surface area contributed by atoms with Crippen LogP contribution in [0.3, 0.4) is 0 Å². The molecule has 4 aliphatic carbocycles. The molecule has 4 bridgehead atoms. The summed E-state index contributed by atoms with van der Waals surface area (Å²) >= 11 is 0. The second-order valence-electron chi connectivity index (χ2n) is 7.11. The summed E-state index contributed by atoms with van der Waals surface area (Å²) in [5.41, 5.74) is -1.18. The first kappa shape index (κ1) is 17.5. The van der Waals surface area contributed by atoms with Gasteiger partial charge in [-0.3, -0.25) is 9.35 Å². The summed E-state index contributed by atoms with van der Waals surface area (Å²) < 4.78 is 67.1. The predicted molar refractivity (Wildman–Crippen MR) is 74.4 cm³/mol. The van der Waals surface area contributed by atoms with Gasteiger partial charge < -0.3 is 9.47 Å². The highest BCUT2D eigenvalue weighted by atomic mass is 32.2. The van der Waals surface area contributed by atoms with Crippen molar-refractivity contribution < 1.29 is 40.8 Å². The highest BCUT2D eigenvalue weighted by molar-refractivity contribution is 7.87. The number of rotatable bonds is 4. The van der Waals surface area contributed by atoms with Gasteiger partial charge in [0.05, 0.1) is 0 Å². The van der Waals surface area contributed by atoms with Gasteiger partial charge in [0.25, 0.3) is 0 Å². The molecule has 4 rings (SSSR count). The maximum atomic E-state index is 13.5. The van der Waals surface area contributed by atoms with Crippen molar-refractivity contribution in [1.82, 2.24) is 0 Å². The van der Waals surface area contributed by atoms with E-state index in [9.17, 15) is 26.8 Å². The zero-order valence-electron chi connectivity index (χ0n) is 12.9. The fourth-order valence-corrected chi connectivity index (χ4v) is 5.03. The minimum atomic E-state index is -5.89. The van der Waals surface area contributed by atoms with E-state index in [0.717, 1.165) is 12.8 Å². The fraction of sp³-hybridized carbons (Fsp3) is 0.857. The van der Waals surface area contributed by atoms with Gasteiger partial charge in [-0.25, -0.2) is 4.79 Å². The number of halogens is 2. The maximum Gasteiger partial charge on any atom is 0.465 e. The van der Waals surface area contributed by atoms with E-state index in [4.69, 9.17) is 14.0 Å². The Bertz CT molecular complexity index is 659. The first-order valence-corrected chi connectivity index (χ1v) is 9.13. The van der Waals surface area contributed by atoms with Crippen molar-refractivity contribution in [2.24, 2.45) is 17.8 Å². The monoisotopic (exact) mass is 368 g/mol. The predicted octanol–water partition coefficient (Wildman–Crippen LogP) is 1.52. The molecule has 0 aromatic carbocycles. The van der Waals surface area contributed by atoms with Gasteiger partial charge in [-0.2, -0.15) is 17.2 Å². The van der Waals surface area contributed by atoms with Crippen LogP contribution in [0.15, 0.2) is 0 Å². The standard InChI is InChI=1S/C14H18F2O7S/c1-7(17)22-11-9-2-8-3-10(11)6-13(4-8,5-9)23-12(18)14(15,16)24(19,20)21/h8-11H,2-6H2,1H3,(H,19,20,21). The molecule has 0 aromatic heterocycles. The molecule has 0 saturated heterocycles. The van der Waals surface area contributed by atoms with E-state index in [0.29, 0.717) is 6.42 Å². The first-order chi connectivity index (χ1) is 10.9. The van der Waals surface area contributed by atoms with Crippen molar-refractivity contribution in [1.29, 1.82) is 0 Å². The molecule has 0 radical (unpaired) electrons. The van der Waals surface area contributed by atoms with Crippen LogP contribution in [0.4, 0.5) is 8.78 Å². The summed E-state index contributed by atoms with van der Waals surface area (Å²) in [7, 11) is -5.89. The third-order valence-corrected chi connectivity index (χ3v) is 6.12. The first-order valence-electron chi connectivity index (χ1n) is 7.69. The third-order valence-electron chi connectivity index (χ3n) is 5.30. The van der Waals surface area contributed by atoms with E-state index >= 15 is 0 Å². The topological polar surface area (TPSA) is 107 Å². The molecular weight excluding hydrogens is 350 g/mol. The van der Waals surface area contributed by atoms with E-state index < -0.39 is 32.9 Å². The molecule has 1 N–H and O–H groups in total. The lowest BCUT2D eigenvalue weighted by atomic mass is 9.53. The normalized spacial score (nSPS) is 38.0. The van der Waals surface area contributed by atoms with E-state index in [2.05, 4.69) is 0 Å². The van der Waals surface area contributed by atoms with Crippen LogP contribution in [0.25, 0.3) is 0 Å². The molecule has 136 valence electrons. The summed E-state index contributed by atoms with van der Waals surface area (Å²) in [4.78, 5) is 22.9. The number of ether oxygens (including phenoxy) is 2. The van der Waals surface area contributed by atoms with Gasteiger partial charge in [0, 0.05) is 18.8 Å². The Kier molecular flexibility index (Phi) is 3.91. The smallest absolute Gasteiger partial charge is 0.462 e. The Hall–Kier alpha value is -1.29. The molecule has 4 saturated carbocycles. The van der Waals surface area contributed by atoms with Crippen molar-refractivity contribution in [2.45, 2.75) is 56.0 Å². The summed E-state index contributed by atoms with van der Waals surface area (Å²) in [6.45, 7) is 1.30. The van der Waals surface area contributed by atoms with Crippen LogP contribution in [0.2, 0.25) is 0 Å². The largest absolute Gasteiger partial charge is 0.465 e. The van der Waals surface area contributed by atoms with E-state index in [-0.39, 0.29) is 36.7 Å². The van der Waals surface area contributed by atoms with Crippen LogP contribution in [-0.2, 0) is 29.2 Å². The van der Waals surface area contributed by atoms with E-state index in [1.54, 1.807) is 0 Å². The fourth-order valence-electron chi connectivity index (χ4n) is 4.77. The molecule has 7 nitrogen and oxygen atoms in total. The summed E-state index contributed by atoms with van der Waals surface area (Å²) in [5.74, 6) is -2.73.